The lowest BCUT2D eigenvalue weighted by Crippen LogP contribution is -2.38. The van der Waals surface area contributed by atoms with Crippen LogP contribution in [0.2, 0.25) is 0 Å². The molecule has 0 aromatic heterocycles. The van der Waals surface area contributed by atoms with Crippen molar-refractivity contribution in [1.29, 1.82) is 0 Å². The van der Waals surface area contributed by atoms with E-state index in [0.29, 0.717) is 6.54 Å². The summed E-state index contributed by atoms with van der Waals surface area (Å²) in [5, 5.41) is 0. The van der Waals surface area contributed by atoms with E-state index in [-0.39, 0.29) is 5.91 Å². The van der Waals surface area contributed by atoms with Crippen molar-refractivity contribution in [1.82, 2.24) is 0 Å². The van der Waals surface area contributed by atoms with Gasteiger partial charge in [0.05, 0.1) is 0 Å². The zero-order chi connectivity index (χ0) is 13.4. The number of nitrogen functional groups attached to an aromatic ring is 1. The van der Waals surface area contributed by atoms with Crippen molar-refractivity contribution in [3.8, 4) is 0 Å². The van der Waals surface area contributed by atoms with Crippen LogP contribution in [0.25, 0.3) is 0 Å². The van der Waals surface area contributed by atoms with E-state index < -0.39 is 0 Å². The average molecular weight is 252 g/mol. The van der Waals surface area contributed by atoms with Gasteiger partial charge in [0.15, 0.2) is 0 Å². The van der Waals surface area contributed by atoms with Crippen LogP contribution < -0.4 is 10.6 Å². The Kier molecular flexibility index (Phi) is 2.75. The lowest BCUT2D eigenvalue weighted by Gasteiger charge is -2.30. The molecule has 3 rings (SSSR count). The number of amides is 1. The number of anilines is 2. The number of hydrogen-bond acceptors (Lipinski definition) is 2. The van der Waals surface area contributed by atoms with Gasteiger partial charge < -0.3 is 10.6 Å². The van der Waals surface area contributed by atoms with E-state index in [1.807, 2.05) is 54.3 Å². The van der Waals surface area contributed by atoms with E-state index in [2.05, 4.69) is 0 Å². The molecule has 0 fully saturated rings. The summed E-state index contributed by atoms with van der Waals surface area (Å²) in [7, 11) is 0. The Balaban J connectivity index is 2.05. The number of carbonyl (C=O) groups is 1. The van der Waals surface area contributed by atoms with Gasteiger partial charge in [-0.05, 0) is 42.7 Å². The second kappa shape index (κ2) is 4.43. The highest BCUT2D eigenvalue weighted by Gasteiger charge is 2.26. The predicted molar refractivity (Wildman–Crippen MR) is 77.4 cm³/mol. The van der Waals surface area contributed by atoms with E-state index in [1.54, 1.807) is 0 Å². The maximum Gasteiger partial charge on any atom is 0.258 e. The topological polar surface area (TPSA) is 46.3 Å². The predicted octanol–water partition coefficient (Wildman–Crippen LogP) is 2.78. The van der Waals surface area contributed by atoms with Crippen molar-refractivity contribution in [3.63, 3.8) is 0 Å². The fourth-order valence-corrected chi connectivity index (χ4v) is 2.59. The molecule has 1 aliphatic heterocycles. The molecule has 96 valence electrons. The van der Waals surface area contributed by atoms with Crippen molar-refractivity contribution in [2.75, 3.05) is 17.2 Å². The first-order valence-corrected chi connectivity index (χ1v) is 6.43. The number of fused-ring (bicyclic) bond motifs is 1. The minimum Gasteiger partial charge on any atom is -0.398 e. The minimum atomic E-state index is 0.0653. The normalized spacial score (nSPS) is 14.4. The molecule has 3 heteroatoms. The zero-order valence-corrected chi connectivity index (χ0v) is 10.9. The van der Waals surface area contributed by atoms with Crippen LogP contribution in [0.1, 0.15) is 21.5 Å². The summed E-state index contributed by atoms with van der Waals surface area (Å²) >= 11 is 0. The first-order valence-electron chi connectivity index (χ1n) is 6.43. The molecule has 0 bridgehead atoms. The molecule has 2 aromatic rings. The average Bonchev–Trinajstić information content (AvgIpc) is 2.43. The van der Waals surface area contributed by atoms with Crippen LogP contribution in [-0.2, 0) is 6.42 Å². The van der Waals surface area contributed by atoms with Crippen LogP contribution in [0.3, 0.4) is 0 Å². The zero-order valence-electron chi connectivity index (χ0n) is 10.9. The first kappa shape index (κ1) is 11.8. The van der Waals surface area contributed by atoms with Crippen molar-refractivity contribution in [3.05, 3.63) is 59.2 Å². The number of hydrogen-bond donors (Lipinski definition) is 1. The van der Waals surface area contributed by atoms with Crippen LogP contribution in [-0.4, -0.2) is 12.5 Å². The molecule has 1 amide bonds. The van der Waals surface area contributed by atoms with E-state index in [1.165, 1.54) is 0 Å². The Morgan fingerprint density at radius 1 is 1.11 bits per heavy atom. The van der Waals surface area contributed by atoms with Gasteiger partial charge in [-0.15, -0.1) is 0 Å². The van der Waals surface area contributed by atoms with Gasteiger partial charge in [0.25, 0.3) is 5.91 Å². The lowest BCUT2D eigenvalue weighted by molar-refractivity contribution is 0.0980. The summed E-state index contributed by atoms with van der Waals surface area (Å²) in [4.78, 5) is 14.4. The van der Waals surface area contributed by atoms with Gasteiger partial charge in [-0.3, -0.25) is 4.79 Å². The molecule has 2 aromatic carbocycles. The molecule has 0 spiro atoms. The SMILES string of the molecule is Cc1c(N)cccc1N1CCc2ccccc2C1=O. The van der Waals surface area contributed by atoms with E-state index >= 15 is 0 Å². The smallest absolute Gasteiger partial charge is 0.258 e. The molecule has 0 atom stereocenters. The van der Waals surface area contributed by atoms with Crippen molar-refractivity contribution < 1.29 is 4.79 Å². The van der Waals surface area contributed by atoms with Crippen LogP contribution in [0.5, 0.6) is 0 Å². The third-order valence-corrected chi connectivity index (χ3v) is 3.74. The summed E-state index contributed by atoms with van der Waals surface area (Å²) in [6.45, 7) is 2.67. The quantitative estimate of drug-likeness (QED) is 0.793. The second-order valence-electron chi connectivity index (χ2n) is 4.86. The van der Waals surface area contributed by atoms with Gasteiger partial charge in [0, 0.05) is 23.5 Å². The standard InChI is InChI=1S/C16H16N2O/c1-11-14(17)7-4-8-15(11)18-10-9-12-5-2-3-6-13(12)16(18)19/h2-8H,9-10,17H2,1H3. The molecular weight excluding hydrogens is 236 g/mol. The Morgan fingerprint density at radius 3 is 2.74 bits per heavy atom. The summed E-state index contributed by atoms with van der Waals surface area (Å²) in [6.07, 6.45) is 0.885. The maximum atomic E-state index is 12.6. The van der Waals surface area contributed by atoms with Gasteiger partial charge in [-0.2, -0.15) is 0 Å². The molecule has 0 radical (unpaired) electrons. The first-order chi connectivity index (χ1) is 9.18. The minimum absolute atomic E-state index is 0.0653. The Hall–Kier alpha value is -2.29. The van der Waals surface area contributed by atoms with Gasteiger partial charge in [-0.1, -0.05) is 24.3 Å². The van der Waals surface area contributed by atoms with Crippen LogP contribution in [0.15, 0.2) is 42.5 Å². The molecule has 1 heterocycles. The van der Waals surface area contributed by atoms with Crippen LogP contribution in [0, 0.1) is 6.92 Å². The van der Waals surface area contributed by atoms with E-state index in [9.17, 15) is 4.79 Å². The summed E-state index contributed by atoms with van der Waals surface area (Å²) in [5.74, 6) is 0.0653. The van der Waals surface area contributed by atoms with Crippen molar-refractivity contribution in [2.24, 2.45) is 0 Å². The number of nitrogens with two attached hydrogens (primary N) is 1. The highest BCUT2D eigenvalue weighted by Crippen LogP contribution is 2.29. The lowest BCUT2D eigenvalue weighted by atomic mass is 9.98. The van der Waals surface area contributed by atoms with Gasteiger partial charge in [-0.25, -0.2) is 0 Å². The van der Waals surface area contributed by atoms with E-state index in [0.717, 1.165) is 34.5 Å². The highest BCUT2D eigenvalue weighted by molar-refractivity contribution is 6.08. The largest absolute Gasteiger partial charge is 0.398 e. The molecule has 0 saturated carbocycles. The van der Waals surface area contributed by atoms with Gasteiger partial charge in [0.2, 0.25) is 0 Å². The molecule has 2 N–H and O–H groups in total. The molecule has 0 saturated heterocycles. The van der Waals surface area contributed by atoms with Gasteiger partial charge in [0.1, 0.15) is 0 Å². The van der Waals surface area contributed by atoms with Crippen molar-refractivity contribution in [2.45, 2.75) is 13.3 Å². The van der Waals surface area contributed by atoms with Gasteiger partial charge >= 0.3 is 0 Å². The molecule has 0 aliphatic carbocycles. The number of carbonyl (C=O) groups excluding carboxylic acids is 1. The number of benzene rings is 2. The molecular formula is C16H16N2O. The molecule has 0 unspecified atom stereocenters. The fourth-order valence-electron chi connectivity index (χ4n) is 2.59. The van der Waals surface area contributed by atoms with Crippen LogP contribution >= 0.6 is 0 Å². The second-order valence-corrected chi connectivity index (χ2v) is 4.86. The highest BCUT2D eigenvalue weighted by atomic mass is 16.2. The van der Waals surface area contributed by atoms with Crippen LogP contribution in [0.4, 0.5) is 11.4 Å². The Bertz CT molecular complexity index is 649. The monoisotopic (exact) mass is 252 g/mol. The number of nitrogens with zero attached hydrogens (tertiary/aromatic N) is 1. The fraction of sp³-hybridized carbons (Fsp3) is 0.188. The third-order valence-electron chi connectivity index (χ3n) is 3.74. The van der Waals surface area contributed by atoms with E-state index in [4.69, 9.17) is 5.73 Å². The van der Waals surface area contributed by atoms with Crippen molar-refractivity contribution >= 4 is 17.3 Å². The summed E-state index contributed by atoms with van der Waals surface area (Å²) in [6, 6.07) is 13.5. The molecule has 19 heavy (non-hydrogen) atoms. The molecule has 3 nitrogen and oxygen atoms in total. The third kappa shape index (κ3) is 1.87. The summed E-state index contributed by atoms with van der Waals surface area (Å²) in [5.41, 5.74) is 10.5. The maximum absolute atomic E-state index is 12.6. The Labute approximate surface area is 112 Å². The molecule has 1 aliphatic rings. The Morgan fingerprint density at radius 2 is 1.89 bits per heavy atom. The summed E-state index contributed by atoms with van der Waals surface area (Å²) < 4.78 is 0. The number of rotatable bonds is 1.